The number of hydrogen-bond donors (Lipinski definition) is 2. The van der Waals surface area contributed by atoms with Gasteiger partial charge in [-0.25, -0.2) is 4.79 Å². The minimum Gasteiger partial charge on any atom is -0.435 e. The van der Waals surface area contributed by atoms with Gasteiger partial charge in [-0.2, -0.15) is 0 Å². The lowest BCUT2D eigenvalue weighted by Crippen LogP contribution is -2.06. The van der Waals surface area contributed by atoms with Gasteiger partial charge in [-0.15, -0.1) is 0 Å². The zero-order valence-electron chi connectivity index (χ0n) is 8.40. The van der Waals surface area contributed by atoms with Crippen LogP contribution >= 0.6 is 0 Å². The van der Waals surface area contributed by atoms with E-state index in [1.807, 2.05) is 5.48 Å². The minimum absolute atomic E-state index is 0.157. The molecule has 5 heteroatoms. The molecule has 0 fully saturated rings. The summed E-state index contributed by atoms with van der Waals surface area (Å²) in [4.78, 5) is 10.8. The van der Waals surface area contributed by atoms with Crippen LogP contribution in [0.2, 0.25) is 0 Å². The van der Waals surface area contributed by atoms with Gasteiger partial charge >= 0.3 is 6.16 Å². The van der Waals surface area contributed by atoms with E-state index in [2.05, 4.69) is 4.74 Å². The van der Waals surface area contributed by atoms with E-state index in [4.69, 9.17) is 9.94 Å². The molecular formula is C10H13NO4. The lowest BCUT2D eigenvalue weighted by molar-refractivity contribution is 0.0536. The molecule has 1 aromatic rings. The van der Waals surface area contributed by atoms with Gasteiger partial charge < -0.3 is 9.47 Å². The maximum atomic E-state index is 10.8. The van der Waals surface area contributed by atoms with Crippen LogP contribution in [0.3, 0.4) is 0 Å². The van der Waals surface area contributed by atoms with Crippen LogP contribution in [-0.2, 0) is 16.1 Å². The third kappa shape index (κ3) is 3.86. The second kappa shape index (κ2) is 5.87. The van der Waals surface area contributed by atoms with Crippen LogP contribution in [-0.4, -0.2) is 18.0 Å². The second-order valence-electron chi connectivity index (χ2n) is 2.78. The Kier molecular flexibility index (Phi) is 4.43. The number of rotatable bonds is 4. The van der Waals surface area contributed by atoms with Gasteiger partial charge in [0.1, 0.15) is 6.61 Å². The van der Waals surface area contributed by atoms with Crippen molar-refractivity contribution in [3.8, 4) is 0 Å². The highest BCUT2D eigenvalue weighted by Gasteiger charge is 2.02. The molecule has 0 amide bonds. The molecule has 0 aromatic heterocycles. The predicted molar refractivity (Wildman–Crippen MR) is 53.7 cm³/mol. The Labute approximate surface area is 87.6 Å². The smallest absolute Gasteiger partial charge is 0.435 e. The van der Waals surface area contributed by atoms with Crippen LogP contribution in [0, 0.1) is 0 Å². The van der Waals surface area contributed by atoms with Crippen molar-refractivity contribution in [2.24, 2.45) is 0 Å². The maximum absolute atomic E-state index is 10.8. The highest BCUT2D eigenvalue weighted by Crippen LogP contribution is 2.09. The Morgan fingerprint density at radius 3 is 2.53 bits per heavy atom. The Morgan fingerprint density at radius 2 is 2.00 bits per heavy atom. The van der Waals surface area contributed by atoms with Gasteiger partial charge in [-0.1, -0.05) is 12.1 Å². The normalized spacial score (nSPS) is 9.47. The predicted octanol–water partition coefficient (Wildman–Crippen LogP) is 2.16. The number of ether oxygens (including phenoxy) is 2. The molecule has 0 saturated heterocycles. The molecule has 0 aliphatic heterocycles. The molecule has 0 unspecified atom stereocenters. The number of hydrogen-bond acceptors (Lipinski definition) is 5. The summed E-state index contributed by atoms with van der Waals surface area (Å²) >= 11 is 0. The molecule has 82 valence electrons. The van der Waals surface area contributed by atoms with Crippen molar-refractivity contribution in [1.29, 1.82) is 0 Å². The average molecular weight is 211 g/mol. The van der Waals surface area contributed by atoms with Gasteiger partial charge in [0.05, 0.1) is 12.3 Å². The molecule has 0 spiro atoms. The zero-order chi connectivity index (χ0) is 11.1. The van der Waals surface area contributed by atoms with Crippen molar-refractivity contribution in [3.63, 3.8) is 0 Å². The molecule has 2 N–H and O–H groups in total. The molecule has 0 aliphatic carbocycles. The van der Waals surface area contributed by atoms with Gasteiger partial charge in [-0.05, 0) is 24.6 Å². The van der Waals surface area contributed by atoms with Gasteiger partial charge in [0.25, 0.3) is 0 Å². The van der Waals surface area contributed by atoms with Gasteiger partial charge in [0.15, 0.2) is 0 Å². The zero-order valence-corrected chi connectivity index (χ0v) is 8.40. The van der Waals surface area contributed by atoms with E-state index < -0.39 is 6.16 Å². The number of nitrogens with one attached hydrogen (secondary N) is 1. The Bertz CT molecular complexity index is 310. The first-order chi connectivity index (χ1) is 7.26. The lowest BCUT2D eigenvalue weighted by Gasteiger charge is -2.05. The number of benzene rings is 1. The molecule has 15 heavy (non-hydrogen) atoms. The first-order valence-corrected chi connectivity index (χ1v) is 4.55. The molecule has 0 atom stereocenters. The SMILES string of the molecule is CCOC(=O)OCc1ccc(NO)cc1. The summed E-state index contributed by atoms with van der Waals surface area (Å²) in [5, 5.41) is 8.56. The number of carbonyl (C=O) groups excluding carboxylic acids is 1. The molecule has 0 aliphatic rings. The first kappa shape index (κ1) is 11.3. The van der Waals surface area contributed by atoms with Gasteiger partial charge in [0, 0.05) is 0 Å². The molecule has 1 rings (SSSR count). The number of anilines is 1. The summed E-state index contributed by atoms with van der Waals surface area (Å²) < 4.78 is 9.39. The fourth-order valence-electron chi connectivity index (χ4n) is 0.977. The molecule has 0 radical (unpaired) electrons. The summed E-state index contributed by atoms with van der Waals surface area (Å²) in [5.41, 5.74) is 3.41. The van der Waals surface area contributed by atoms with Crippen molar-refractivity contribution in [3.05, 3.63) is 29.8 Å². The standard InChI is InChI=1S/C10H13NO4/c1-2-14-10(12)15-7-8-3-5-9(11-13)6-4-8/h3-6,11,13H,2,7H2,1H3. The fourth-order valence-corrected chi connectivity index (χ4v) is 0.977. The van der Waals surface area contributed by atoms with Crippen LogP contribution in [0.5, 0.6) is 0 Å². The molecular weight excluding hydrogens is 198 g/mol. The highest BCUT2D eigenvalue weighted by molar-refractivity contribution is 5.59. The van der Waals surface area contributed by atoms with E-state index in [1.165, 1.54) is 0 Å². The Morgan fingerprint density at radius 1 is 1.33 bits per heavy atom. The monoisotopic (exact) mass is 211 g/mol. The lowest BCUT2D eigenvalue weighted by atomic mass is 10.2. The van der Waals surface area contributed by atoms with Crippen molar-refractivity contribution in [2.75, 3.05) is 12.1 Å². The Balaban J connectivity index is 2.40. The van der Waals surface area contributed by atoms with Crippen LogP contribution in [0.1, 0.15) is 12.5 Å². The van der Waals surface area contributed by atoms with E-state index in [9.17, 15) is 4.79 Å². The largest absolute Gasteiger partial charge is 0.508 e. The maximum Gasteiger partial charge on any atom is 0.508 e. The molecule has 0 heterocycles. The van der Waals surface area contributed by atoms with E-state index in [1.54, 1.807) is 31.2 Å². The van der Waals surface area contributed by atoms with E-state index >= 15 is 0 Å². The van der Waals surface area contributed by atoms with E-state index in [-0.39, 0.29) is 6.61 Å². The summed E-state index contributed by atoms with van der Waals surface area (Å²) in [6.45, 7) is 2.17. The quantitative estimate of drug-likeness (QED) is 0.590. The van der Waals surface area contributed by atoms with Crippen molar-refractivity contribution in [1.82, 2.24) is 0 Å². The highest BCUT2D eigenvalue weighted by atomic mass is 16.7. The summed E-state index contributed by atoms with van der Waals surface area (Å²) in [6.07, 6.45) is -0.679. The van der Waals surface area contributed by atoms with E-state index in [0.29, 0.717) is 12.3 Å². The van der Waals surface area contributed by atoms with Crippen LogP contribution in [0.4, 0.5) is 10.5 Å². The van der Waals surface area contributed by atoms with Gasteiger partial charge in [0.2, 0.25) is 0 Å². The topological polar surface area (TPSA) is 67.8 Å². The summed E-state index contributed by atoms with van der Waals surface area (Å²) in [7, 11) is 0. The molecule has 0 bridgehead atoms. The fraction of sp³-hybridized carbons (Fsp3) is 0.300. The molecule has 0 saturated carbocycles. The third-order valence-corrected chi connectivity index (χ3v) is 1.70. The number of carbonyl (C=O) groups is 1. The van der Waals surface area contributed by atoms with E-state index in [0.717, 1.165) is 5.56 Å². The third-order valence-electron chi connectivity index (χ3n) is 1.70. The Hall–Kier alpha value is -1.75. The van der Waals surface area contributed by atoms with Gasteiger partial charge in [-0.3, -0.25) is 10.7 Å². The first-order valence-electron chi connectivity index (χ1n) is 4.55. The second-order valence-corrected chi connectivity index (χ2v) is 2.78. The van der Waals surface area contributed by atoms with Crippen LogP contribution < -0.4 is 5.48 Å². The molecule has 1 aromatic carbocycles. The van der Waals surface area contributed by atoms with Crippen molar-refractivity contribution >= 4 is 11.8 Å². The minimum atomic E-state index is -0.679. The van der Waals surface area contributed by atoms with Crippen LogP contribution in [0.25, 0.3) is 0 Å². The van der Waals surface area contributed by atoms with Crippen LogP contribution in [0.15, 0.2) is 24.3 Å². The van der Waals surface area contributed by atoms with Crippen molar-refractivity contribution in [2.45, 2.75) is 13.5 Å². The average Bonchev–Trinajstić information content (AvgIpc) is 2.27. The van der Waals surface area contributed by atoms with Crippen molar-refractivity contribution < 1.29 is 19.5 Å². The summed E-state index contributed by atoms with van der Waals surface area (Å²) in [5.74, 6) is 0. The molecule has 5 nitrogen and oxygen atoms in total. The summed E-state index contributed by atoms with van der Waals surface area (Å²) in [6, 6.07) is 6.81.